The molecule has 27 nitrogen and oxygen atoms in total. The molecule has 65 heavy (non-hydrogen) atoms. The molecule has 0 unspecified atom stereocenters. The number of nitrogens with zero attached hydrogens (tertiary/aromatic N) is 8. The van der Waals surface area contributed by atoms with Crippen LogP contribution in [0.25, 0.3) is 10.8 Å². The second-order valence-corrected chi connectivity index (χ2v) is 18.4. The van der Waals surface area contributed by atoms with Crippen LogP contribution >= 0.6 is 0 Å². The Kier molecular flexibility index (Phi) is 12.5. The molecule has 0 aliphatic carbocycles. The Morgan fingerprint density at radius 1 is 0.477 bits per heavy atom. The maximum atomic E-state index is 12.1. The van der Waals surface area contributed by atoms with Crippen LogP contribution in [0.15, 0.2) is 147 Å². The molecule has 336 valence electrons. The Morgan fingerprint density at radius 3 is 1.52 bits per heavy atom. The first-order chi connectivity index (χ1) is 30.2. The van der Waals surface area contributed by atoms with Gasteiger partial charge in [0.1, 0.15) is 26.9 Å². The molecule has 0 spiro atoms. The molecule has 0 atom stereocenters. The van der Waals surface area contributed by atoms with Gasteiger partial charge in [0, 0.05) is 41.4 Å². The molecule has 6 rings (SSSR count). The number of phenols is 2. The van der Waals surface area contributed by atoms with Crippen molar-refractivity contribution >= 4 is 108 Å². The average molecular weight is 974 g/mol. The number of benzene rings is 6. The first-order valence-corrected chi connectivity index (χ1v) is 22.7. The molecule has 6 aromatic rings. The molecular formula is C34H23N9O18S4. The van der Waals surface area contributed by atoms with Gasteiger partial charge in [-0.15, -0.1) is 25.6 Å². The lowest BCUT2D eigenvalue weighted by atomic mass is 10.1. The van der Waals surface area contributed by atoms with Gasteiger partial charge in [0.05, 0.1) is 36.7 Å². The molecular weight excluding hydrogens is 951 g/mol. The van der Waals surface area contributed by atoms with Gasteiger partial charge in [0.25, 0.3) is 51.8 Å². The van der Waals surface area contributed by atoms with Crippen LogP contribution in [0, 0.1) is 20.2 Å². The first kappa shape index (κ1) is 46.7. The normalized spacial score (nSPS) is 12.7. The third-order valence-electron chi connectivity index (χ3n) is 8.51. The monoisotopic (exact) mass is 973 g/mol. The number of hydrogen-bond donors (Lipinski definition) is 7. The van der Waals surface area contributed by atoms with E-state index in [4.69, 9.17) is 0 Å². The third-order valence-corrected chi connectivity index (χ3v) is 12.0. The molecule has 0 aliphatic heterocycles. The molecule has 6 aromatic carbocycles. The summed E-state index contributed by atoms with van der Waals surface area (Å²) in [4.78, 5) is 17.2. The highest BCUT2D eigenvalue weighted by Crippen LogP contribution is 2.50. The zero-order valence-corrected chi connectivity index (χ0v) is 34.8. The van der Waals surface area contributed by atoms with E-state index in [0.717, 1.165) is 60.7 Å². The smallest absolute Gasteiger partial charge is 0.297 e. The summed E-state index contributed by atoms with van der Waals surface area (Å²) in [5, 5.41) is 70.3. The zero-order chi connectivity index (χ0) is 47.8. The van der Waals surface area contributed by atoms with E-state index in [0.29, 0.717) is 12.1 Å². The fourth-order valence-electron chi connectivity index (χ4n) is 5.50. The lowest BCUT2D eigenvalue weighted by Crippen LogP contribution is -2.04. The Balaban J connectivity index is 1.46. The molecule has 0 fully saturated rings. The summed E-state index contributed by atoms with van der Waals surface area (Å²) in [5.41, 5.74) is -4.84. The summed E-state index contributed by atoms with van der Waals surface area (Å²) in [6.07, 6.45) is 0. The van der Waals surface area contributed by atoms with E-state index < -0.39 is 121 Å². The third kappa shape index (κ3) is 10.7. The van der Waals surface area contributed by atoms with Crippen LogP contribution in [-0.2, 0) is 40.5 Å². The van der Waals surface area contributed by atoms with Crippen molar-refractivity contribution in [1.82, 2.24) is 0 Å². The van der Waals surface area contributed by atoms with Crippen molar-refractivity contribution in [2.75, 3.05) is 5.32 Å². The minimum absolute atomic E-state index is 0.0247. The summed E-state index contributed by atoms with van der Waals surface area (Å²) < 4.78 is 135. The van der Waals surface area contributed by atoms with Crippen molar-refractivity contribution in [3.05, 3.63) is 117 Å². The molecule has 0 radical (unpaired) electrons. The molecule has 0 heterocycles. The minimum atomic E-state index is -5.19. The maximum Gasteiger partial charge on any atom is 0.297 e. The summed E-state index contributed by atoms with van der Waals surface area (Å²) in [6, 6.07) is 15.1. The van der Waals surface area contributed by atoms with Crippen LogP contribution in [0.1, 0.15) is 0 Å². The number of nitrogens with one attached hydrogen (secondary N) is 1. The van der Waals surface area contributed by atoms with Crippen LogP contribution in [0.2, 0.25) is 0 Å². The van der Waals surface area contributed by atoms with Crippen LogP contribution in [0.5, 0.6) is 11.5 Å². The highest BCUT2D eigenvalue weighted by atomic mass is 32.2. The average Bonchev–Trinajstić information content (AvgIpc) is 3.21. The van der Waals surface area contributed by atoms with E-state index in [-0.39, 0.29) is 27.8 Å². The number of rotatable bonds is 14. The first-order valence-electron chi connectivity index (χ1n) is 17.0. The number of fused-ring (bicyclic) bond motifs is 1. The van der Waals surface area contributed by atoms with Crippen molar-refractivity contribution in [3.8, 4) is 11.5 Å². The lowest BCUT2D eigenvalue weighted by Gasteiger charge is -2.10. The van der Waals surface area contributed by atoms with Crippen molar-refractivity contribution < 1.29 is 71.9 Å². The van der Waals surface area contributed by atoms with Gasteiger partial charge in [-0.1, -0.05) is 6.07 Å². The molecule has 0 saturated heterocycles. The number of non-ortho nitro benzene ring substituents is 2. The molecule has 0 bridgehead atoms. The second kappa shape index (κ2) is 17.4. The van der Waals surface area contributed by atoms with Crippen molar-refractivity contribution in [2.45, 2.75) is 19.6 Å². The van der Waals surface area contributed by atoms with Crippen LogP contribution in [0.4, 0.5) is 56.9 Å². The van der Waals surface area contributed by atoms with Crippen LogP contribution < -0.4 is 5.32 Å². The Labute approximate surface area is 363 Å². The number of nitro groups is 2. The Morgan fingerprint density at radius 2 is 0.985 bits per heavy atom. The SMILES string of the molecule is O=[N+]([O-])c1ccc(N=Nc2cc(N=Nc3cc(S(=O)(=O)O)cc4cc(S(=O)(=O)O)ccc34)c(O)c(N=Nc3ccc(Nc4ccc([N+](=O)[O-])cc4S(=O)(=O)O)cc3)c2O)c(S(=O)(=O)O)c1. The fraction of sp³-hybridized carbons (Fsp3) is 0. The highest BCUT2D eigenvalue weighted by molar-refractivity contribution is 7.86. The number of nitro benzene ring substituents is 2. The number of hydrogen-bond acceptors (Lipinski definition) is 21. The van der Waals surface area contributed by atoms with E-state index in [1.807, 2.05) is 0 Å². The van der Waals surface area contributed by atoms with Gasteiger partial charge in [-0.25, -0.2) is 0 Å². The second-order valence-electron chi connectivity index (χ2n) is 12.8. The van der Waals surface area contributed by atoms with Gasteiger partial charge in [0.15, 0.2) is 17.2 Å². The van der Waals surface area contributed by atoms with Gasteiger partial charge < -0.3 is 15.5 Å². The number of azo groups is 3. The maximum absolute atomic E-state index is 12.1. The summed E-state index contributed by atoms with van der Waals surface area (Å²) >= 11 is 0. The number of aromatic hydroxyl groups is 2. The van der Waals surface area contributed by atoms with Crippen LogP contribution in [0.3, 0.4) is 0 Å². The van der Waals surface area contributed by atoms with E-state index in [1.165, 1.54) is 24.3 Å². The van der Waals surface area contributed by atoms with E-state index in [9.17, 15) is 82.3 Å². The highest BCUT2D eigenvalue weighted by Gasteiger charge is 2.24. The van der Waals surface area contributed by atoms with E-state index >= 15 is 0 Å². The summed E-state index contributed by atoms with van der Waals surface area (Å²) in [5.74, 6) is -2.05. The predicted molar refractivity (Wildman–Crippen MR) is 221 cm³/mol. The largest absolute Gasteiger partial charge is 0.504 e. The molecule has 0 saturated carbocycles. The Bertz CT molecular complexity index is 3550. The predicted octanol–water partition coefficient (Wildman–Crippen LogP) is 8.04. The summed E-state index contributed by atoms with van der Waals surface area (Å²) in [6.45, 7) is 0. The number of anilines is 2. The van der Waals surface area contributed by atoms with E-state index in [1.54, 1.807) is 0 Å². The summed E-state index contributed by atoms with van der Waals surface area (Å²) in [7, 11) is -20.0. The molecule has 0 aromatic heterocycles. The minimum Gasteiger partial charge on any atom is -0.504 e. The van der Waals surface area contributed by atoms with Gasteiger partial charge in [-0.3, -0.25) is 38.4 Å². The molecule has 31 heteroatoms. The fourth-order valence-corrected chi connectivity index (χ4v) is 7.86. The zero-order valence-electron chi connectivity index (χ0n) is 31.5. The van der Waals surface area contributed by atoms with Gasteiger partial charge in [-0.2, -0.15) is 38.8 Å². The van der Waals surface area contributed by atoms with Gasteiger partial charge >= 0.3 is 0 Å². The van der Waals surface area contributed by atoms with Crippen molar-refractivity contribution in [2.24, 2.45) is 30.7 Å². The van der Waals surface area contributed by atoms with Crippen LogP contribution in [-0.4, -0.2) is 71.9 Å². The van der Waals surface area contributed by atoms with Crippen molar-refractivity contribution in [1.29, 1.82) is 0 Å². The quantitative estimate of drug-likeness (QED) is 0.0235. The molecule has 0 aliphatic rings. The topological polar surface area (TPSA) is 430 Å². The molecule has 0 amide bonds. The van der Waals surface area contributed by atoms with E-state index in [2.05, 4.69) is 36.0 Å². The molecule has 7 N–H and O–H groups in total. The Hall–Kier alpha value is -7.78. The van der Waals surface area contributed by atoms with Crippen molar-refractivity contribution in [3.63, 3.8) is 0 Å². The lowest BCUT2D eigenvalue weighted by molar-refractivity contribution is -0.385. The number of phenolic OH excluding ortho intramolecular Hbond substituents is 2. The standard InChI is InChI=1S/C34H23N9O18S4/c44-33-28(39-37-26-10-6-21(43(48)49)14-31(26)65(59,60)61)16-29(40-38-27-15-23(63(53,54)55)12-17-11-22(62(50,51)52)7-8-24(17)27)34(45)32(33)41-36-19-3-1-18(2-4-19)35-25-9-5-20(42(46)47)13-30(25)64(56,57)58/h1-16,35,44-45H,(H,50,51,52)(H,53,54,55)(H,56,57,58)(H,59,60,61). The van der Waals surface area contributed by atoms with Gasteiger partial charge in [0.2, 0.25) is 0 Å². The van der Waals surface area contributed by atoms with Gasteiger partial charge in [-0.05, 0) is 66.0 Å².